The van der Waals surface area contributed by atoms with Crippen molar-refractivity contribution >= 4 is 46.5 Å². The van der Waals surface area contributed by atoms with Crippen molar-refractivity contribution in [3.63, 3.8) is 0 Å². The molecule has 1 saturated heterocycles. The zero-order chi connectivity index (χ0) is 19.5. The first kappa shape index (κ1) is 18.7. The van der Waals surface area contributed by atoms with E-state index in [-0.39, 0.29) is 5.91 Å². The Morgan fingerprint density at radius 2 is 1.68 bits per heavy atom. The van der Waals surface area contributed by atoms with E-state index in [4.69, 9.17) is 11.6 Å². The molecule has 0 radical (unpaired) electrons. The number of nitrogens with one attached hydrogen (secondary N) is 2. The molecule has 4 nitrogen and oxygen atoms in total. The largest absolute Gasteiger partial charge is 0.388 e. The Hall–Kier alpha value is -2.63. The summed E-state index contributed by atoms with van der Waals surface area (Å²) in [6.45, 7) is 1.05. The van der Waals surface area contributed by atoms with Gasteiger partial charge in [-0.3, -0.25) is 4.79 Å². The highest BCUT2D eigenvalue weighted by atomic mass is 35.5. The number of anilines is 3. The third kappa shape index (κ3) is 3.96. The number of halogens is 1. The van der Waals surface area contributed by atoms with E-state index in [1.165, 1.54) is 0 Å². The molecule has 1 fully saturated rings. The predicted octanol–water partition coefficient (Wildman–Crippen LogP) is 5.77. The Morgan fingerprint density at radius 3 is 2.29 bits per heavy atom. The summed E-state index contributed by atoms with van der Waals surface area (Å²) in [6, 6.07) is 21.2. The second-order valence-corrected chi connectivity index (χ2v) is 7.97. The summed E-state index contributed by atoms with van der Waals surface area (Å²) in [5, 5.41) is 6.71. The van der Waals surface area contributed by atoms with E-state index in [2.05, 4.69) is 14.9 Å². The lowest BCUT2D eigenvalue weighted by atomic mass is 10.0. The minimum Gasteiger partial charge on any atom is -0.388 e. The van der Waals surface area contributed by atoms with Gasteiger partial charge in [0.2, 0.25) is 0 Å². The number of nitrogens with zero attached hydrogens (tertiary/aromatic N) is 1. The van der Waals surface area contributed by atoms with Crippen molar-refractivity contribution in [2.45, 2.75) is 0 Å². The van der Waals surface area contributed by atoms with Crippen molar-refractivity contribution in [2.75, 3.05) is 34.3 Å². The van der Waals surface area contributed by atoms with E-state index in [1.54, 1.807) is 11.9 Å². The predicted molar refractivity (Wildman–Crippen MR) is 121 cm³/mol. The summed E-state index contributed by atoms with van der Waals surface area (Å²) in [4.78, 5) is 12.6. The molecule has 2 N–H and O–H groups in total. The van der Waals surface area contributed by atoms with E-state index in [1.807, 2.05) is 73.8 Å². The fourth-order valence-electron chi connectivity index (χ4n) is 3.01. The van der Waals surface area contributed by atoms with Crippen LogP contribution >= 0.6 is 23.5 Å². The molecule has 1 aliphatic heterocycles. The normalized spacial score (nSPS) is 13.0. The third-order valence-electron chi connectivity index (χ3n) is 4.67. The van der Waals surface area contributed by atoms with Crippen LogP contribution in [0.15, 0.2) is 66.7 Å². The lowest BCUT2D eigenvalue weighted by molar-refractivity contribution is 0.102. The lowest BCUT2D eigenvalue weighted by Crippen LogP contribution is -2.28. The zero-order valence-corrected chi connectivity index (χ0v) is 17.0. The molecule has 6 heteroatoms. The van der Waals surface area contributed by atoms with E-state index < -0.39 is 0 Å². The van der Waals surface area contributed by atoms with Gasteiger partial charge in [0.25, 0.3) is 5.91 Å². The summed E-state index contributed by atoms with van der Waals surface area (Å²) in [5.41, 5.74) is 5.38. The minimum absolute atomic E-state index is 0.137. The van der Waals surface area contributed by atoms with Gasteiger partial charge in [0.05, 0.1) is 0 Å². The number of benzene rings is 3. The minimum atomic E-state index is -0.137. The summed E-state index contributed by atoms with van der Waals surface area (Å²) in [7, 11) is 1.88. The molecular weight excluding hydrogens is 390 g/mol. The average molecular weight is 410 g/mol. The van der Waals surface area contributed by atoms with E-state index >= 15 is 0 Å². The smallest absolute Gasteiger partial charge is 0.255 e. The quantitative estimate of drug-likeness (QED) is 0.525. The number of carbonyl (C=O) groups is 1. The number of hydrogen-bond acceptors (Lipinski definition) is 4. The fraction of sp³-hybridized carbons (Fsp3) is 0.136. The average Bonchev–Trinajstić information content (AvgIpc) is 2.69. The summed E-state index contributed by atoms with van der Waals surface area (Å²) in [6.07, 6.45) is 0. The maximum atomic E-state index is 12.6. The van der Waals surface area contributed by atoms with E-state index in [0.717, 1.165) is 34.8 Å². The molecule has 1 amide bonds. The highest BCUT2D eigenvalue weighted by Gasteiger charge is 2.16. The van der Waals surface area contributed by atoms with Crippen molar-refractivity contribution in [2.24, 2.45) is 0 Å². The van der Waals surface area contributed by atoms with Crippen molar-refractivity contribution < 1.29 is 4.79 Å². The van der Waals surface area contributed by atoms with Crippen LogP contribution in [0.25, 0.3) is 11.1 Å². The number of amides is 1. The van der Waals surface area contributed by atoms with Crippen LogP contribution in [0.1, 0.15) is 10.4 Å². The first-order chi connectivity index (χ1) is 13.6. The van der Waals surface area contributed by atoms with Crippen LogP contribution in [-0.2, 0) is 0 Å². The van der Waals surface area contributed by atoms with E-state index in [0.29, 0.717) is 16.3 Å². The Balaban J connectivity index is 1.51. The van der Waals surface area contributed by atoms with Gasteiger partial charge < -0.3 is 14.9 Å². The van der Waals surface area contributed by atoms with Crippen LogP contribution in [0, 0.1) is 0 Å². The number of hydrogen-bond donors (Lipinski definition) is 2. The number of rotatable bonds is 5. The first-order valence-corrected chi connectivity index (χ1v) is 10.4. The van der Waals surface area contributed by atoms with Gasteiger partial charge in [-0.05, 0) is 72.1 Å². The van der Waals surface area contributed by atoms with Gasteiger partial charge in [0.15, 0.2) is 0 Å². The van der Waals surface area contributed by atoms with Crippen LogP contribution in [0.5, 0.6) is 0 Å². The molecule has 0 aliphatic carbocycles. The monoisotopic (exact) mass is 409 g/mol. The molecule has 3 aromatic carbocycles. The molecule has 28 heavy (non-hydrogen) atoms. The standard InChI is InChI=1S/C22H20ClN3OS/c1-24-17-6-2-15(3-7-17)20-14-18(8-11-21(20)23)25-22(27)16-4-9-19(10-5-16)26-12-13-28-26/h2-11,14,24H,12-13H2,1H3,(H,25,27). The lowest BCUT2D eigenvalue weighted by Gasteiger charge is -2.31. The molecule has 0 spiro atoms. The van der Waals surface area contributed by atoms with Gasteiger partial charge in [-0.25, -0.2) is 0 Å². The van der Waals surface area contributed by atoms with Gasteiger partial charge in [-0.2, -0.15) is 0 Å². The SMILES string of the molecule is CNc1ccc(-c2cc(NC(=O)c3ccc(N4CCS4)cc3)ccc2Cl)cc1. The summed E-state index contributed by atoms with van der Waals surface area (Å²) in [5.74, 6) is 1.01. The molecule has 0 unspecified atom stereocenters. The molecule has 0 aromatic heterocycles. The van der Waals surface area contributed by atoms with Gasteiger partial charge in [0.1, 0.15) is 0 Å². The third-order valence-corrected chi connectivity index (χ3v) is 6.07. The van der Waals surface area contributed by atoms with Gasteiger partial charge in [-0.1, -0.05) is 23.7 Å². The molecule has 142 valence electrons. The molecule has 0 saturated carbocycles. The topological polar surface area (TPSA) is 44.4 Å². The van der Waals surface area contributed by atoms with Crippen LogP contribution < -0.4 is 14.9 Å². The van der Waals surface area contributed by atoms with E-state index in [9.17, 15) is 4.79 Å². The Bertz CT molecular complexity index is 986. The van der Waals surface area contributed by atoms with Crippen LogP contribution in [-0.4, -0.2) is 25.3 Å². The fourth-order valence-corrected chi connectivity index (χ4v) is 3.87. The Kier molecular flexibility index (Phi) is 5.46. The molecule has 4 rings (SSSR count). The van der Waals surface area contributed by atoms with Crippen molar-refractivity contribution in [1.29, 1.82) is 0 Å². The summed E-state index contributed by atoms with van der Waals surface area (Å²) >= 11 is 8.18. The molecular formula is C22H20ClN3OS. The maximum absolute atomic E-state index is 12.6. The maximum Gasteiger partial charge on any atom is 0.255 e. The first-order valence-electron chi connectivity index (χ1n) is 9.03. The highest BCUT2D eigenvalue weighted by Crippen LogP contribution is 2.32. The van der Waals surface area contributed by atoms with Gasteiger partial charge in [0, 0.05) is 52.6 Å². The molecule has 0 atom stereocenters. The Morgan fingerprint density at radius 1 is 1.00 bits per heavy atom. The van der Waals surface area contributed by atoms with Crippen molar-refractivity contribution in [3.8, 4) is 11.1 Å². The van der Waals surface area contributed by atoms with Crippen molar-refractivity contribution in [3.05, 3.63) is 77.3 Å². The van der Waals surface area contributed by atoms with Gasteiger partial charge >= 0.3 is 0 Å². The van der Waals surface area contributed by atoms with Crippen LogP contribution in [0.3, 0.4) is 0 Å². The van der Waals surface area contributed by atoms with Crippen molar-refractivity contribution in [1.82, 2.24) is 0 Å². The Labute approximate surface area is 174 Å². The zero-order valence-electron chi connectivity index (χ0n) is 15.4. The number of carbonyl (C=O) groups excluding carboxylic acids is 1. The second kappa shape index (κ2) is 8.17. The highest BCUT2D eigenvalue weighted by molar-refractivity contribution is 8.02. The molecule has 0 bridgehead atoms. The molecule has 3 aromatic rings. The summed E-state index contributed by atoms with van der Waals surface area (Å²) < 4.78 is 2.21. The van der Waals surface area contributed by atoms with Crippen LogP contribution in [0.2, 0.25) is 5.02 Å². The van der Waals surface area contributed by atoms with Gasteiger partial charge in [-0.15, -0.1) is 0 Å². The molecule has 1 aliphatic rings. The second-order valence-electron chi connectivity index (χ2n) is 6.46. The molecule has 1 heterocycles. The van der Waals surface area contributed by atoms with Crippen LogP contribution in [0.4, 0.5) is 17.1 Å².